The van der Waals surface area contributed by atoms with Crippen LogP contribution in [-0.4, -0.2) is 56.5 Å². The van der Waals surface area contributed by atoms with Crippen molar-refractivity contribution in [2.45, 2.75) is 144 Å². The predicted molar refractivity (Wildman–Crippen MR) is 142 cm³/mol. The molecule has 15 atom stereocenters. The van der Waals surface area contributed by atoms with E-state index in [1.807, 2.05) is 0 Å². The van der Waals surface area contributed by atoms with E-state index >= 15 is 0 Å². The molecule has 6 unspecified atom stereocenters. The van der Waals surface area contributed by atoms with Crippen molar-refractivity contribution in [3.63, 3.8) is 0 Å². The number of hydrogen-bond acceptors (Lipinski definition) is 6. The summed E-state index contributed by atoms with van der Waals surface area (Å²) in [7, 11) is 0.275. The van der Waals surface area contributed by atoms with Gasteiger partial charge >= 0.3 is 0 Å². The van der Waals surface area contributed by atoms with Gasteiger partial charge in [-0.2, -0.15) is 0 Å². The van der Waals surface area contributed by atoms with Crippen LogP contribution in [0.4, 0.5) is 0 Å². The van der Waals surface area contributed by atoms with Crippen LogP contribution in [0.5, 0.6) is 0 Å². The van der Waals surface area contributed by atoms with E-state index in [0.29, 0.717) is 23.7 Å². The minimum atomic E-state index is -0.452. The molecule has 0 bridgehead atoms. The van der Waals surface area contributed by atoms with E-state index < -0.39 is 6.29 Å². The van der Waals surface area contributed by atoms with Gasteiger partial charge in [0.15, 0.2) is 12.6 Å². The zero-order valence-corrected chi connectivity index (χ0v) is 24.6. The summed E-state index contributed by atoms with van der Waals surface area (Å²) >= 11 is 0. The second-order valence-electron chi connectivity index (χ2n) is 11.7. The molecule has 35 heavy (non-hydrogen) atoms. The molecule has 0 amide bonds. The lowest BCUT2D eigenvalue weighted by Crippen LogP contribution is -2.58. The Morgan fingerprint density at radius 3 is 1.71 bits per heavy atom. The SMILES string of the molecule is [4H]/P=N\C1[C@H](O[C@@H]2C(CC)O[C@@H](O[C@@H]3C(CC)O[C@@H](C)C(C)[C@H]3C)C(C)[C@H]2C)OC(CC)[C@@H](C)[C@@H]1C. The van der Waals surface area contributed by atoms with Gasteiger partial charge in [-0.1, -0.05) is 62.3 Å². The average molecular weight is 517 g/mol. The maximum absolute atomic E-state index is 7.71. The van der Waals surface area contributed by atoms with Crippen LogP contribution in [0.15, 0.2) is 4.74 Å². The topological polar surface area (TPSA) is 58.5 Å². The molecule has 0 aliphatic carbocycles. The lowest BCUT2D eigenvalue weighted by Gasteiger charge is -2.50. The first kappa shape index (κ1) is 27.9. The Morgan fingerprint density at radius 1 is 0.629 bits per heavy atom. The number of rotatable bonds is 8. The van der Waals surface area contributed by atoms with Crippen LogP contribution in [0.1, 0.15) is 88.5 Å². The molecular formula is C28H52NO5P. The standard InChI is InChI=1S/C28H52NO5P/c1-11-21-15(5)16(6)24(29-35)28(31-21)34-26-18(8)19(9)27(32-23(26)13-3)33-25-17(7)14(4)20(10)30-22(25)12-2/h14-28,35H,11-13H2,1-10H3/t14?,15-,16-,17+,18+,19?,20-,21?,22?,23?,24?,25-,26-,27-,28-/m0/s1. The number of nitrogens with zero attached hydrogens (tertiary/aromatic N) is 1. The predicted octanol–water partition coefficient (Wildman–Crippen LogP) is 6.74. The van der Waals surface area contributed by atoms with Crippen LogP contribution in [0.25, 0.3) is 0 Å². The highest BCUT2D eigenvalue weighted by Crippen LogP contribution is 2.42. The molecule has 3 fully saturated rings. The third-order valence-electron chi connectivity index (χ3n) is 9.76. The van der Waals surface area contributed by atoms with E-state index in [4.69, 9.17) is 25.0 Å². The number of ether oxygens (including phenoxy) is 5. The summed E-state index contributed by atoms with van der Waals surface area (Å²) < 4.78 is 45.3. The van der Waals surface area contributed by atoms with Gasteiger partial charge in [-0.3, -0.25) is 4.74 Å². The summed E-state index contributed by atoms with van der Waals surface area (Å²) in [6, 6.07) is -0.148. The lowest BCUT2D eigenvalue weighted by molar-refractivity contribution is -0.334. The summed E-state index contributed by atoms with van der Waals surface area (Å²) in [4.78, 5) is 0. The highest BCUT2D eigenvalue weighted by molar-refractivity contribution is 7.04. The quantitative estimate of drug-likeness (QED) is 0.335. The molecule has 0 aromatic carbocycles. The third-order valence-corrected chi connectivity index (χ3v) is 10.0. The van der Waals surface area contributed by atoms with Crippen molar-refractivity contribution in [3.05, 3.63) is 0 Å². The maximum atomic E-state index is 7.71. The minimum absolute atomic E-state index is 0.0180. The van der Waals surface area contributed by atoms with E-state index in [9.17, 15) is 0 Å². The van der Waals surface area contributed by atoms with Crippen LogP contribution in [-0.2, 0) is 23.7 Å². The van der Waals surface area contributed by atoms with Gasteiger partial charge < -0.3 is 23.7 Å². The van der Waals surface area contributed by atoms with E-state index in [2.05, 4.69) is 74.0 Å². The summed E-state index contributed by atoms with van der Waals surface area (Å²) in [5.74, 6) is 1.88. The lowest BCUT2D eigenvalue weighted by atomic mass is 9.80. The van der Waals surface area contributed by atoms with Crippen molar-refractivity contribution in [2.75, 3.05) is 0 Å². The van der Waals surface area contributed by atoms with E-state index in [-0.39, 0.29) is 69.8 Å². The molecule has 0 radical (unpaired) electrons. The van der Waals surface area contributed by atoms with Crippen LogP contribution in [0.2, 0.25) is 0 Å². The van der Waals surface area contributed by atoms with Crippen LogP contribution in [0, 0.1) is 35.5 Å². The smallest absolute Gasteiger partial charge is 0.181 e. The van der Waals surface area contributed by atoms with Gasteiger partial charge in [-0.05, 0) is 64.8 Å². The van der Waals surface area contributed by atoms with Gasteiger partial charge in [0.25, 0.3) is 0 Å². The highest BCUT2D eigenvalue weighted by Gasteiger charge is 2.49. The van der Waals surface area contributed by atoms with Crippen molar-refractivity contribution < 1.29 is 23.7 Å². The van der Waals surface area contributed by atoms with Crippen LogP contribution >= 0.6 is 8.98 Å². The van der Waals surface area contributed by atoms with Gasteiger partial charge in [0, 0.05) is 5.92 Å². The Labute approximate surface area is 218 Å². The first-order valence-corrected chi connectivity index (χ1v) is 14.6. The molecule has 0 saturated carbocycles. The van der Waals surface area contributed by atoms with Gasteiger partial charge in [0.1, 0.15) is 7.32 Å². The Morgan fingerprint density at radius 2 is 1.14 bits per heavy atom. The zero-order chi connectivity index (χ0) is 26.7. The molecule has 0 aromatic heterocycles. The Kier molecular flexibility index (Phi) is 10.1. The zero-order valence-electron chi connectivity index (χ0n) is 24.7. The van der Waals surface area contributed by atoms with Crippen molar-refractivity contribution >= 4 is 8.98 Å². The van der Waals surface area contributed by atoms with Gasteiger partial charge in [0.2, 0.25) is 0 Å². The van der Waals surface area contributed by atoms with Gasteiger partial charge in [0.05, 0.1) is 36.6 Å². The fraction of sp³-hybridized carbons (Fsp3) is 1.00. The molecule has 0 spiro atoms. The molecule has 3 saturated heterocycles. The Bertz CT molecular complexity index is 711. The van der Waals surface area contributed by atoms with E-state index in [1.165, 1.54) is 0 Å². The Hall–Kier alpha value is -0.100. The van der Waals surface area contributed by atoms with E-state index in [0.717, 1.165) is 19.3 Å². The Balaban J connectivity index is 1.76. The largest absolute Gasteiger partial charge is 0.372 e. The monoisotopic (exact) mass is 516 g/mol. The summed E-state index contributed by atoms with van der Waals surface area (Å²) in [5.41, 5.74) is 0. The molecule has 0 N–H and O–H groups in total. The summed E-state index contributed by atoms with van der Waals surface area (Å²) in [6.07, 6.45) is 2.22. The summed E-state index contributed by atoms with van der Waals surface area (Å²) in [5, 5.41) is 0. The molecule has 204 valence electrons. The second kappa shape index (κ2) is 12.6. The number of hydrogen-bond donors (Lipinski definition) is 0. The fourth-order valence-corrected chi connectivity index (χ4v) is 6.68. The van der Waals surface area contributed by atoms with Crippen molar-refractivity contribution in [1.29, 1.82) is 1.28 Å². The van der Waals surface area contributed by atoms with Crippen molar-refractivity contribution in [3.8, 4) is 0 Å². The average Bonchev–Trinajstić information content (AvgIpc) is 2.87. The van der Waals surface area contributed by atoms with Crippen LogP contribution in [0.3, 0.4) is 0 Å². The third kappa shape index (κ3) is 5.99. The first-order chi connectivity index (χ1) is 17.1. The fourth-order valence-electron chi connectivity index (χ4n) is 6.36. The van der Waals surface area contributed by atoms with Gasteiger partial charge in [-0.25, -0.2) is 0 Å². The summed E-state index contributed by atoms with van der Waals surface area (Å²) in [6.45, 7) is 22.1. The molecule has 7 heteroatoms. The molecule has 3 rings (SSSR count). The molecule has 6 nitrogen and oxygen atoms in total. The van der Waals surface area contributed by atoms with Crippen molar-refractivity contribution in [1.82, 2.24) is 0 Å². The first-order valence-electron chi connectivity index (χ1n) is 14.6. The maximum Gasteiger partial charge on any atom is 0.181 e. The molecule has 0 aromatic rings. The molecular weight excluding hydrogens is 461 g/mol. The second-order valence-corrected chi connectivity index (χ2v) is 11.9. The molecule has 3 aliphatic rings. The van der Waals surface area contributed by atoms with Gasteiger partial charge in [-0.15, -0.1) is 0 Å². The molecule has 3 heterocycles. The van der Waals surface area contributed by atoms with E-state index in [1.54, 1.807) is 0 Å². The molecule has 3 aliphatic heterocycles. The van der Waals surface area contributed by atoms with Crippen LogP contribution < -0.4 is 0 Å². The van der Waals surface area contributed by atoms with Crippen molar-refractivity contribution in [2.24, 2.45) is 40.3 Å². The minimum Gasteiger partial charge on any atom is -0.372 e. The normalized spacial score (nSPS) is 51.9. The highest BCUT2D eigenvalue weighted by atomic mass is 31.0.